The van der Waals surface area contributed by atoms with E-state index in [1.165, 1.54) is 19.3 Å². The van der Waals surface area contributed by atoms with Crippen molar-refractivity contribution >= 4 is 30.1 Å². The zero-order valence-electron chi connectivity index (χ0n) is 5.22. The molecule has 1 aliphatic rings. The quantitative estimate of drug-likeness (QED) is 0.729. The summed E-state index contributed by atoms with van der Waals surface area (Å²) in [6, 6.07) is 0. The molecule has 1 aliphatic carbocycles. The van der Waals surface area contributed by atoms with Gasteiger partial charge in [0.25, 0.3) is 0 Å². The second kappa shape index (κ2) is 4.03. The van der Waals surface area contributed by atoms with Crippen molar-refractivity contribution in [1.82, 2.24) is 0 Å². The second-order valence-electron chi connectivity index (χ2n) is 2.48. The maximum absolute atomic E-state index is 9.34. The van der Waals surface area contributed by atoms with Gasteiger partial charge in [0.05, 0.1) is 6.10 Å². The zero-order chi connectivity index (χ0) is 6.69. The third kappa shape index (κ3) is 2.27. The first kappa shape index (κ1) is 8.14. The Labute approximate surface area is 72.2 Å². The predicted octanol–water partition coefficient (Wildman–Crippen LogP) is 2.37. The van der Waals surface area contributed by atoms with Gasteiger partial charge in [0.1, 0.15) is 0 Å². The van der Waals surface area contributed by atoms with Crippen LogP contribution in [0.3, 0.4) is 0 Å². The van der Waals surface area contributed by atoms with Crippen molar-refractivity contribution in [2.45, 2.75) is 37.0 Å². The van der Waals surface area contributed by atoms with Crippen molar-refractivity contribution in [3.05, 3.63) is 0 Å². The summed E-state index contributed by atoms with van der Waals surface area (Å²) >= 11 is 2.28. The van der Waals surface area contributed by atoms with Crippen LogP contribution in [0.15, 0.2) is 0 Å². The second-order valence-corrected chi connectivity index (χ2v) is 4.79. The van der Waals surface area contributed by atoms with Crippen LogP contribution in [0.1, 0.15) is 25.7 Å². The molecule has 0 aromatic heterocycles. The number of aliphatic hydroxyl groups excluding tert-OH is 1. The summed E-state index contributed by atoms with van der Waals surface area (Å²) in [6.07, 6.45) is 4.71. The fourth-order valence-corrected chi connectivity index (χ4v) is 3.47. The predicted molar refractivity (Wildman–Crippen MR) is 49.9 cm³/mol. The molecule has 2 unspecified atom stereocenters. The number of aliphatic hydroxyl groups is 1. The fraction of sp³-hybridized carbons (Fsp3) is 1.00. The highest BCUT2D eigenvalue weighted by Crippen LogP contribution is 2.32. The zero-order valence-corrected chi connectivity index (χ0v) is 8.19. The first-order valence-corrected chi connectivity index (χ1v) is 6.72. The van der Waals surface area contributed by atoms with Crippen LogP contribution in [-0.4, -0.2) is 16.5 Å². The molecule has 0 amide bonds. The van der Waals surface area contributed by atoms with Crippen LogP contribution in [0, 0.1) is 0 Å². The van der Waals surface area contributed by atoms with E-state index in [4.69, 9.17) is 0 Å². The average Bonchev–Trinajstić information content (AvgIpc) is 1.89. The minimum atomic E-state index is -0.0272. The van der Waals surface area contributed by atoms with Gasteiger partial charge in [0.2, 0.25) is 0 Å². The van der Waals surface area contributed by atoms with E-state index in [1.807, 2.05) is 0 Å². The molecule has 1 rings (SSSR count). The van der Waals surface area contributed by atoms with Crippen LogP contribution in [0.25, 0.3) is 0 Å². The normalized spacial score (nSPS) is 36.7. The summed E-state index contributed by atoms with van der Waals surface area (Å²) in [5.41, 5.74) is 0. The molecule has 1 nitrogen and oxygen atoms in total. The van der Waals surface area contributed by atoms with Gasteiger partial charge in [-0.1, -0.05) is 21.8 Å². The third-order valence-corrected chi connectivity index (χ3v) is 4.52. The highest BCUT2D eigenvalue weighted by molar-refractivity contribution is 14.2. The van der Waals surface area contributed by atoms with Gasteiger partial charge >= 0.3 is 0 Å². The Hall–Kier alpha value is 1.04. The Balaban J connectivity index is 2.30. The molecule has 0 aromatic carbocycles. The lowest BCUT2D eigenvalue weighted by Crippen LogP contribution is -2.25. The highest BCUT2D eigenvalue weighted by atomic mass is 127. The van der Waals surface area contributed by atoms with E-state index < -0.39 is 0 Å². The van der Waals surface area contributed by atoms with Crippen LogP contribution in [0.5, 0.6) is 0 Å². The van der Waals surface area contributed by atoms with Crippen LogP contribution >= 0.6 is 30.1 Å². The van der Waals surface area contributed by atoms with E-state index in [1.54, 1.807) is 8.93 Å². The summed E-state index contributed by atoms with van der Waals surface area (Å²) in [5, 5.41) is 9.86. The van der Waals surface area contributed by atoms with Gasteiger partial charge in [0.15, 0.2) is 0 Å². The Morgan fingerprint density at radius 3 is 2.44 bits per heavy atom. The van der Waals surface area contributed by atoms with Crippen LogP contribution in [0.2, 0.25) is 0 Å². The largest absolute Gasteiger partial charge is 0.392 e. The minimum absolute atomic E-state index is 0.0272. The molecule has 0 spiro atoms. The van der Waals surface area contributed by atoms with Crippen molar-refractivity contribution in [2.24, 2.45) is 0 Å². The molecule has 9 heavy (non-hydrogen) atoms. The lowest BCUT2D eigenvalue weighted by atomic mass is 9.97. The number of hydrogen-bond donors (Lipinski definition) is 1. The number of rotatable bonds is 1. The number of halogens is 1. The summed E-state index contributed by atoms with van der Waals surface area (Å²) in [4.78, 5) is 0. The molecule has 0 bridgehead atoms. The van der Waals surface area contributed by atoms with E-state index >= 15 is 0 Å². The Bertz CT molecular complexity index is 89.1. The van der Waals surface area contributed by atoms with Crippen molar-refractivity contribution in [1.29, 1.82) is 0 Å². The maximum atomic E-state index is 9.34. The van der Waals surface area contributed by atoms with Crippen molar-refractivity contribution in [3.8, 4) is 0 Å². The van der Waals surface area contributed by atoms with Crippen molar-refractivity contribution in [2.75, 3.05) is 0 Å². The molecular weight excluding hydrogens is 247 g/mol. The monoisotopic (exact) mass is 258 g/mol. The van der Waals surface area contributed by atoms with Gasteiger partial charge < -0.3 is 5.11 Å². The van der Waals surface area contributed by atoms with E-state index in [0.717, 1.165) is 6.42 Å². The molecule has 0 heterocycles. The topological polar surface area (TPSA) is 20.2 Å². The highest BCUT2D eigenvalue weighted by Gasteiger charge is 2.21. The Morgan fingerprint density at radius 2 is 2.00 bits per heavy atom. The molecule has 0 radical (unpaired) electrons. The molecule has 1 N–H and O–H groups in total. The van der Waals surface area contributed by atoms with Gasteiger partial charge in [-0.3, -0.25) is 0 Å². The van der Waals surface area contributed by atoms with E-state index in [9.17, 15) is 5.11 Å². The summed E-state index contributed by atoms with van der Waals surface area (Å²) in [7, 11) is 1.77. The van der Waals surface area contributed by atoms with Crippen LogP contribution < -0.4 is 0 Å². The van der Waals surface area contributed by atoms with Crippen LogP contribution in [0.4, 0.5) is 0 Å². The Kier molecular flexibility index (Phi) is 3.65. The van der Waals surface area contributed by atoms with Gasteiger partial charge in [-0.2, -0.15) is 0 Å². The average molecular weight is 258 g/mol. The fourth-order valence-electron chi connectivity index (χ4n) is 1.18. The van der Waals surface area contributed by atoms with E-state index in [0.29, 0.717) is 5.25 Å². The molecule has 0 aliphatic heterocycles. The minimum Gasteiger partial charge on any atom is -0.392 e. The molecule has 2 atom stereocenters. The Morgan fingerprint density at radius 1 is 1.33 bits per heavy atom. The SMILES string of the molecule is OC1CCCCC1SI. The van der Waals surface area contributed by atoms with Gasteiger partial charge in [0, 0.05) is 5.25 Å². The molecule has 0 saturated heterocycles. The molecule has 54 valence electrons. The molecule has 1 saturated carbocycles. The first-order valence-electron chi connectivity index (χ1n) is 3.30. The van der Waals surface area contributed by atoms with Gasteiger partial charge in [-0.25, -0.2) is 0 Å². The summed E-state index contributed by atoms with van der Waals surface area (Å²) < 4.78 is 0. The smallest absolute Gasteiger partial charge is 0.0666 e. The summed E-state index contributed by atoms with van der Waals surface area (Å²) in [5.74, 6) is 0. The molecule has 1 fully saturated rings. The molecular formula is C6H11IOS. The lowest BCUT2D eigenvalue weighted by Gasteiger charge is -2.24. The molecule has 0 aromatic rings. The van der Waals surface area contributed by atoms with E-state index in [2.05, 4.69) is 21.2 Å². The van der Waals surface area contributed by atoms with Crippen molar-refractivity contribution < 1.29 is 5.11 Å². The van der Waals surface area contributed by atoms with Gasteiger partial charge in [-0.15, -0.1) is 0 Å². The lowest BCUT2D eigenvalue weighted by molar-refractivity contribution is 0.137. The summed E-state index contributed by atoms with van der Waals surface area (Å²) in [6.45, 7) is 0. The van der Waals surface area contributed by atoms with Crippen molar-refractivity contribution in [3.63, 3.8) is 0 Å². The maximum Gasteiger partial charge on any atom is 0.0666 e. The first-order chi connectivity index (χ1) is 4.34. The third-order valence-electron chi connectivity index (χ3n) is 1.78. The van der Waals surface area contributed by atoms with E-state index in [-0.39, 0.29) is 6.10 Å². The van der Waals surface area contributed by atoms with Crippen LogP contribution in [-0.2, 0) is 0 Å². The standard InChI is InChI=1S/C6H11IOS/c7-9-6-4-2-1-3-5(6)8/h5-6,8H,1-4H2. The number of hydrogen-bond acceptors (Lipinski definition) is 2. The molecule has 3 heteroatoms. The van der Waals surface area contributed by atoms with Gasteiger partial charge in [-0.05, 0) is 34.0 Å².